The van der Waals surface area contributed by atoms with Gasteiger partial charge in [0.15, 0.2) is 0 Å². The molecular formula is C23H20LiN3O4. The van der Waals surface area contributed by atoms with Gasteiger partial charge in [-0.2, -0.15) is 4.98 Å². The van der Waals surface area contributed by atoms with Gasteiger partial charge >= 0.3 is 24.8 Å². The largest absolute Gasteiger partial charge is 1.00 e. The molecule has 3 N–H and O–H groups in total. The summed E-state index contributed by atoms with van der Waals surface area (Å²) >= 11 is 0. The van der Waals surface area contributed by atoms with Crippen LogP contribution < -0.4 is 28.9 Å². The van der Waals surface area contributed by atoms with Crippen LogP contribution in [0.25, 0.3) is 10.8 Å². The van der Waals surface area contributed by atoms with Crippen LogP contribution in [-0.2, 0) is 0 Å². The van der Waals surface area contributed by atoms with Crippen LogP contribution in [0.5, 0.6) is 11.6 Å². The van der Waals surface area contributed by atoms with Crippen LogP contribution in [-0.4, -0.2) is 26.5 Å². The number of aryl methyl sites for hydroxylation is 2. The van der Waals surface area contributed by atoms with E-state index in [1.54, 1.807) is 30.5 Å². The third-order valence-corrected chi connectivity index (χ3v) is 4.68. The molecule has 0 bridgehead atoms. The summed E-state index contributed by atoms with van der Waals surface area (Å²) in [6, 6.07) is 18.5. The van der Waals surface area contributed by atoms with E-state index >= 15 is 0 Å². The second-order valence-electron chi connectivity index (χ2n) is 6.71. The van der Waals surface area contributed by atoms with Gasteiger partial charge in [0.1, 0.15) is 5.75 Å². The van der Waals surface area contributed by atoms with Gasteiger partial charge in [0.25, 0.3) is 0 Å². The average Bonchev–Trinajstić information content (AvgIpc) is 2.72. The Morgan fingerprint density at radius 3 is 2.42 bits per heavy atom. The number of rotatable bonds is 5. The number of carboxylic acids is 1. The summed E-state index contributed by atoms with van der Waals surface area (Å²) in [4.78, 5) is 19.9. The fourth-order valence-electron chi connectivity index (χ4n) is 3.09. The molecule has 0 atom stereocenters. The summed E-state index contributed by atoms with van der Waals surface area (Å²) in [7, 11) is 0. The van der Waals surface area contributed by atoms with Crippen molar-refractivity contribution < 1.29 is 39.0 Å². The molecule has 0 amide bonds. The maximum absolute atomic E-state index is 11.2. The molecule has 152 valence electrons. The smallest absolute Gasteiger partial charge is 0.870 e. The topological polar surface area (TPSA) is 114 Å². The van der Waals surface area contributed by atoms with Crippen molar-refractivity contribution >= 4 is 28.4 Å². The Morgan fingerprint density at radius 2 is 1.68 bits per heavy atom. The Labute approximate surface area is 191 Å². The maximum atomic E-state index is 11.2. The van der Waals surface area contributed by atoms with Crippen molar-refractivity contribution in [1.82, 2.24) is 9.97 Å². The third-order valence-electron chi connectivity index (χ3n) is 4.68. The normalized spacial score (nSPS) is 10.0. The molecule has 8 heteroatoms. The summed E-state index contributed by atoms with van der Waals surface area (Å²) < 4.78 is 6.03. The number of nitrogens with one attached hydrogen (secondary N) is 1. The molecule has 4 aromatic rings. The molecule has 0 fully saturated rings. The Kier molecular flexibility index (Phi) is 7.78. The van der Waals surface area contributed by atoms with Crippen molar-refractivity contribution in [2.75, 3.05) is 5.32 Å². The minimum absolute atomic E-state index is 0. The van der Waals surface area contributed by atoms with E-state index in [1.807, 2.05) is 37.3 Å². The van der Waals surface area contributed by atoms with Crippen LogP contribution >= 0.6 is 0 Å². The van der Waals surface area contributed by atoms with Crippen LogP contribution in [0.1, 0.15) is 21.5 Å². The van der Waals surface area contributed by atoms with Crippen LogP contribution in [0.15, 0.2) is 66.9 Å². The number of fused-ring (bicyclic) bond motifs is 1. The summed E-state index contributed by atoms with van der Waals surface area (Å²) in [6.45, 7) is 3.94. The van der Waals surface area contributed by atoms with E-state index in [9.17, 15) is 9.90 Å². The first-order valence-corrected chi connectivity index (χ1v) is 9.11. The number of carboxylic acid groups (broad SMARTS) is 1. The van der Waals surface area contributed by atoms with E-state index < -0.39 is 5.97 Å². The van der Waals surface area contributed by atoms with E-state index in [1.165, 1.54) is 5.56 Å². The second kappa shape index (κ2) is 10.1. The first kappa shape index (κ1) is 23.9. The molecule has 1 heterocycles. The SMILES string of the molecule is Cc1ccc(C(=O)O)cc1Nc1nccc(Oc2ccc(C)c3ccccc23)n1.[Li+].[OH-]. The van der Waals surface area contributed by atoms with E-state index in [4.69, 9.17) is 4.74 Å². The second-order valence-corrected chi connectivity index (χ2v) is 6.71. The van der Waals surface area contributed by atoms with E-state index in [2.05, 4.69) is 28.3 Å². The zero-order valence-electron chi connectivity index (χ0n) is 17.5. The number of ether oxygens (including phenoxy) is 1. The van der Waals surface area contributed by atoms with Crippen LogP contribution in [0.4, 0.5) is 11.6 Å². The van der Waals surface area contributed by atoms with Crippen molar-refractivity contribution in [1.29, 1.82) is 0 Å². The first-order chi connectivity index (χ1) is 14.0. The standard InChI is InChI=1S/C23H19N3O3.Li.H2O/c1-14-8-10-20(18-6-4-3-5-17(14)18)29-21-11-12-24-23(26-21)25-19-13-16(22(27)28)9-7-15(19)2;;/h3-13H,1-2H3,(H,27,28)(H,24,25,26);;1H2/q;+1;/p-1. The molecule has 0 aliphatic carbocycles. The minimum atomic E-state index is -0.989. The fraction of sp³-hybridized carbons (Fsp3) is 0.0870. The molecule has 3 aromatic carbocycles. The molecule has 1 aromatic heterocycles. The molecule has 0 spiro atoms. The molecule has 0 unspecified atom stereocenters. The number of hydrogen-bond donors (Lipinski definition) is 2. The summed E-state index contributed by atoms with van der Waals surface area (Å²) in [5.74, 6) is 0.435. The molecule has 4 rings (SSSR count). The van der Waals surface area contributed by atoms with E-state index in [0.29, 0.717) is 23.3 Å². The van der Waals surface area contributed by atoms with Crippen molar-refractivity contribution in [2.24, 2.45) is 0 Å². The molecular weight excluding hydrogens is 389 g/mol. The monoisotopic (exact) mass is 409 g/mol. The number of nitrogens with zero attached hydrogens (tertiary/aromatic N) is 2. The predicted octanol–water partition coefficient (Wildman–Crippen LogP) is 2.31. The van der Waals surface area contributed by atoms with Gasteiger partial charge in [-0.25, -0.2) is 9.78 Å². The maximum Gasteiger partial charge on any atom is 1.00 e. The predicted molar refractivity (Wildman–Crippen MR) is 114 cm³/mol. The van der Waals surface area contributed by atoms with Gasteiger partial charge in [-0.3, -0.25) is 0 Å². The molecule has 0 saturated heterocycles. The van der Waals surface area contributed by atoms with Crippen molar-refractivity contribution in [2.45, 2.75) is 13.8 Å². The third kappa shape index (κ3) is 5.22. The van der Waals surface area contributed by atoms with Crippen LogP contribution in [0.2, 0.25) is 0 Å². The first-order valence-electron chi connectivity index (χ1n) is 9.11. The quantitative estimate of drug-likeness (QED) is 0.486. The Bertz CT molecular complexity index is 1230. The van der Waals surface area contributed by atoms with E-state index in [-0.39, 0.29) is 29.9 Å². The van der Waals surface area contributed by atoms with Crippen LogP contribution in [0.3, 0.4) is 0 Å². The molecule has 0 radical (unpaired) electrons. The van der Waals surface area contributed by atoms with Gasteiger partial charge in [0.05, 0.1) is 5.56 Å². The van der Waals surface area contributed by atoms with Crippen molar-refractivity contribution in [3.8, 4) is 11.6 Å². The Morgan fingerprint density at radius 1 is 0.968 bits per heavy atom. The van der Waals surface area contributed by atoms with E-state index in [0.717, 1.165) is 16.3 Å². The number of anilines is 2. The molecule has 0 aliphatic heterocycles. The molecule has 0 saturated carbocycles. The van der Waals surface area contributed by atoms with Gasteiger partial charge in [0.2, 0.25) is 11.8 Å². The zero-order chi connectivity index (χ0) is 20.4. The van der Waals surface area contributed by atoms with Crippen molar-refractivity contribution in [3.63, 3.8) is 0 Å². The molecule has 31 heavy (non-hydrogen) atoms. The van der Waals surface area contributed by atoms with Crippen molar-refractivity contribution in [3.05, 3.63) is 83.6 Å². The fourth-order valence-corrected chi connectivity index (χ4v) is 3.09. The number of aromatic nitrogens is 2. The van der Waals surface area contributed by atoms with Gasteiger partial charge in [-0.1, -0.05) is 36.4 Å². The summed E-state index contributed by atoms with van der Waals surface area (Å²) in [5, 5.41) is 14.4. The Balaban J connectivity index is 0.00000171. The molecule has 7 nitrogen and oxygen atoms in total. The van der Waals surface area contributed by atoms with Crippen LogP contribution in [0, 0.1) is 13.8 Å². The Hall–Kier alpha value is -3.37. The number of benzene rings is 3. The summed E-state index contributed by atoms with van der Waals surface area (Å²) in [5.41, 5.74) is 2.88. The average molecular weight is 409 g/mol. The minimum Gasteiger partial charge on any atom is -0.870 e. The van der Waals surface area contributed by atoms with Gasteiger partial charge < -0.3 is 20.6 Å². The summed E-state index contributed by atoms with van der Waals surface area (Å²) in [6.07, 6.45) is 1.59. The van der Waals surface area contributed by atoms with Gasteiger partial charge in [-0.05, 0) is 48.6 Å². The number of aromatic carboxylic acids is 1. The van der Waals surface area contributed by atoms with Gasteiger partial charge in [0, 0.05) is 23.3 Å². The molecule has 0 aliphatic rings. The van der Waals surface area contributed by atoms with Gasteiger partial charge in [-0.15, -0.1) is 0 Å². The zero-order valence-corrected chi connectivity index (χ0v) is 17.5. The number of hydrogen-bond acceptors (Lipinski definition) is 6. The number of carbonyl (C=O) groups is 1.